The largest absolute Gasteiger partial charge is 0.381 e. The van der Waals surface area contributed by atoms with Gasteiger partial charge in [-0.15, -0.1) is 0 Å². The summed E-state index contributed by atoms with van der Waals surface area (Å²) < 4.78 is 31.0. The molecule has 1 aliphatic heterocycles. The number of hydrogen-bond acceptors (Lipinski definition) is 3. The SMILES string of the molecule is CC(NS(=O)(=O)C(C)C)C1CCOC1. The van der Waals surface area contributed by atoms with Gasteiger partial charge in [-0.25, -0.2) is 13.1 Å². The number of hydrogen-bond donors (Lipinski definition) is 1. The lowest BCUT2D eigenvalue weighted by molar-refractivity contribution is 0.180. The minimum atomic E-state index is -3.14. The number of rotatable bonds is 4. The van der Waals surface area contributed by atoms with Crippen LogP contribution in [0.5, 0.6) is 0 Å². The van der Waals surface area contributed by atoms with Crippen LogP contribution in [0.3, 0.4) is 0 Å². The first-order valence-corrected chi connectivity index (χ1v) is 6.57. The van der Waals surface area contributed by atoms with E-state index in [2.05, 4.69) is 4.72 Å². The van der Waals surface area contributed by atoms with E-state index >= 15 is 0 Å². The predicted octanol–water partition coefficient (Wildman–Crippen LogP) is 0.739. The molecule has 0 spiro atoms. The zero-order valence-electron chi connectivity index (χ0n) is 8.99. The van der Waals surface area contributed by atoms with Crippen molar-refractivity contribution in [1.29, 1.82) is 0 Å². The first-order valence-electron chi connectivity index (χ1n) is 5.02. The van der Waals surface area contributed by atoms with E-state index in [1.54, 1.807) is 13.8 Å². The molecule has 0 aliphatic carbocycles. The van der Waals surface area contributed by atoms with Crippen molar-refractivity contribution in [2.45, 2.75) is 38.5 Å². The molecule has 0 aromatic carbocycles. The molecule has 1 rings (SSSR count). The van der Waals surface area contributed by atoms with Crippen LogP contribution in [0.4, 0.5) is 0 Å². The van der Waals surface area contributed by atoms with Crippen LogP contribution < -0.4 is 4.72 Å². The first-order chi connectivity index (χ1) is 6.43. The molecule has 5 heteroatoms. The van der Waals surface area contributed by atoms with Crippen LogP contribution in [-0.4, -0.2) is 32.9 Å². The standard InChI is InChI=1S/C9H19NO3S/c1-7(2)14(11,12)10-8(3)9-4-5-13-6-9/h7-10H,4-6H2,1-3H3. The van der Waals surface area contributed by atoms with Gasteiger partial charge < -0.3 is 4.74 Å². The quantitative estimate of drug-likeness (QED) is 0.761. The molecular formula is C9H19NO3S. The Balaban J connectivity index is 2.51. The van der Waals surface area contributed by atoms with Crippen LogP contribution >= 0.6 is 0 Å². The van der Waals surface area contributed by atoms with E-state index in [4.69, 9.17) is 4.74 Å². The van der Waals surface area contributed by atoms with Crippen LogP contribution in [0.25, 0.3) is 0 Å². The lowest BCUT2D eigenvalue weighted by Gasteiger charge is -2.20. The van der Waals surface area contributed by atoms with Gasteiger partial charge in [-0.1, -0.05) is 0 Å². The van der Waals surface area contributed by atoms with Crippen molar-refractivity contribution in [2.24, 2.45) is 5.92 Å². The number of ether oxygens (including phenoxy) is 1. The van der Waals surface area contributed by atoms with Gasteiger partial charge in [0.25, 0.3) is 0 Å². The van der Waals surface area contributed by atoms with Crippen molar-refractivity contribution in [3.05, 3.63) is 0 Å². The summed E-state index contributed by atoms with van der Waals surface area (Å²) in [4.78, 5) is 0. The maximum Gasteiger partial charge on any atom is 0.214 e. The maximum atomic E-state index is 11.5. The van der Waals surface area contributed by atoms with Crippen molar-refractivity contribution in [1.82, 2.24) is 4.72 Å². The molecular weight excluding hydrogens is 202 g/mol. The Bertz CT molecular complexity index is 268. The molecule has 2 atom stereocenters. The van der Waals surface area contributed by atoms with Gasteiger partial charge in [0, 0.05) is 18.6 Å². The molecule has 1 N–H and O–H groups in total. The number of nitrogens with one attached hydrogen (secondary N) is 1. The minimum Gasteiger partial charge on any atom is -0.381 e. The third-order valence-corrected chi connectivity index (χ3v) is 4.58. The summed E-state index contributed by atoms with van der Waals surface area (Å²) >= 11 is 0. The Morgan fingerprint density at radius 3 is 2.43 bits per heavy atom. The van der Waals surface area contributed by atoms with Gasteiger partial charge in [0.05, 0.1) is 11.9 Å². The molecule has 84 valence electrons. The minimum absolute atomic E-state index is 0.0232. The Morgan fingerprint density at radius 1 is 1.36 bits per heavy atom. The van der Waals surface area contributed by atoms with Crippen LogP contribution in [-0.2, 0) is 14.8 Å². The fraction of sp³-hybridized carbons (Fsp3) is 1.00. The summed E-state index contributed by atoms with van der Waals surface area (Å²) in [6, 6.07) is -0.0232. The lowest BCUT2D eigenvalue weighted by Crippen LogP contribution is -2.41. The average molecular weight is 221 g/mol. The smallest absolute Gasteiger partial charge is 0.214 e. The molecule has 1 fully saturated rings. The van der Waals surface area contributed by atoms with Crippen molar-refractivity contribution in [2.75, 3.05) is 13.2 Å². The molecule has 0 aromatic rings. The van der Waals surface area contributed by atoms with Gasteiger partial charge in [0.2, 0.25) is 10.0 Å². The van der Waals surface area contributed by atoms with Gasteiger partial charge in [-0.3, -0.25) is 0 Å². The van der Waals surface area contributed by atoms with Gasteiger partial charge in [-0.05, 0) is 27.2 Å². The van der Waals surface area contributed by atoms with Gasteiger partial charge in [0.1, 0.15) is 0 Å². The highest BCUT2D eigenvalue weighted by Gasteiger charge is 2.27. The van der Waals surface area contributed by atoms with Crippen molar-refractivity contribution in [3.8, 4) is 0 Å². The summed E-state index contributed by atoms with van der Waals surface area (Å²) in [5.41, 5.74) is 0. The molecule has 1 heterocycles. The predicted molar refractivity (Wildman–Crippen MR) is 55.6 cm³/mol. The first kappa shape index (κ1) is 11.9. The molecule has 1 saturated heterocycles. The molecule has 1 aliphatic rings. The van der Waals surface area contributed by atoms with Crippen molar-refractivity contribution < 1.29 is 13.2 Å². The van der Waals surface area contributed by atoms with E-state index in [1.165, 1.54) is 0 Å². The highest BCUT2D eigenvalue weighted by atomic mass is 32.2. The Morgan fingerprint density at radius 2 is 2.00 bits per heavy atom. The van der Waals surface area contributed by atoms with E-state index < -0.39 is 10.0 Å². The van der Waals surface area contributed by atoms with E-state index in [0.29, 0.717) is 12.5 Å². The van der Waals surface area contributed by atoms with Crippen LogP contribution in [0.1, 0.15) is 27.2 Å². The molecule has 0 radical (unpaired) electrons. The highest BCUT2D eigenvalue weighted by molar-refractivity contribution is 7.90. The van der Waals surface area contributed by atoms with Gasteiger partial charge >= 0.3 is 0 Å². The Hall–Kier alpha value is -0.130. The second-order valence-corrected chi connectivity index (χ2v) is 6.39. The Labute approximate surface area is 86.1 Å². The zero-order chi connectivity index (χ0) is 10.8. The van der Waals surface area contributed by atoms with Crippen LogP contribution in [0.15, 0.2) is 0 Å². The third-order valence-electron chi connectivity index (χ3n) is 2.64. The fourth-order valence-corrected chi connectivity index (χ4v) is 2.42. The van der Waals surface area contributed by atoms with E-state index in [1.807, 2.05) is 6.92 Å². The lowest BCUT2D eigenvalue weighted by atomic mass is 10.0. The van der Waals surface area contributed by atoms with Crippen LogP contribution in [0.2, 0.25) is 0 Å². The topological polar surface area (TPSA) is 55.4 Å². The second-order valence-electron chi connectivity index (χ2n) is 4.12. The molecule has 0 bridgehead atoms. The van der Waals surface area contributed by atoms with Crippen molar-refractivity contribution in [3.63, 3.8) is 0 Å². The van der Waals surface area contributed by atoms with E-state index in [-0.39, 0.29) is 11.3 Å². The number of sulfonamides is 1. The molecule has 0 aromatic heterocycles. The van der Waals surface area contributed by atoms with Crippen LogP contribution in [0, 0.1) is 5.92 Å². The molecule has 14 heavy (non-hydrogen) atoms. The molecule has 2 unspecified atom stereocenters. The summed E-state index contributed by atoms with van der Waals surface area (Å²) in [6.07, 6.45) is 0.946. The fourth-order valence-electron chi connectivity index (χ4n) is 1.44. The van der Waals surface area contributed by atoms with E-state index in [0.717, 1.165) is 13.0 Å². The monoisotopic (exact) mass is 221 g/mol. The second kappa shape index (κ2) is 4.59. The summed E-state index contributed by atoms with van der Waals surface area (Å²) in [5.74, 6) is 0.323. The van der Waals surface area contributed by atoms with Crippen molar-refractivity contribution >= 4 is 10.0 Å². The molecule has 4 nitrogen and oxygen atoms in total. The van der Waals surface area contributed by atoms with Gasteiger partial charge in [0.15, 0.2) is 0 Å². The third kappa shape index (κ3) is 2.93. The average Bonchev–Trinajstić information content (AvgIpc) is 2.54. The maximum absolute atomic E-state index is 11.5. The zero-order valence-corrected chi connectivity index (χ0v) is 9.80. The normalized spacial score (nSPS) is 25.6. The Kier molecular flexibility index (Phi) is 3.92. The molecule has 0 amide bonds. The summed E-state index contributed by atoms with van der Waals surface area (Å²) in [5, 5.41) is -0.368. The molecule has 0 saturated carbocycles. The van der Waals surface area contributed by atoms with E-state index in [9.17, 15) is 8.42 Å². The highest BCUT2D eigenvalue weighted by Crippen LogP contribution is 2.17. The van der Waals surface area contributed by atoms with Gasteiger partial charge in [-0.2, -0.15) is 0 Å². The summed E-state index contributed by atoms with van der Waals surface area (Å²) in [7, 11) is -3.14. The summed E-state index contributed by atoms with van der Waals surface area (Å²) in [6.45, 7) is 6.68.